The van der Waals surface area contributed by atoms with Crippen LogP contribution in [0, 0.1) is 11.3 Å². The molecule has 0 aromatic carbocycles. The van der Waals surface area contributed by atoms with Gasteiger partial charge in [-0.3, -0.25) is 4.90 Å². The van der Waals surface area contributed by atoms with Gasteiger partial charge in [-0.1, -0.05) is 27.2 Å². The van der Waals surface area contributed by atoms with Gasteiger partial charge in [0.05, 0.1) is 6.61 Å². The van der Waals surface area contributed by atoms with Gasteiger partial charge in [0.2, 0.25) is 0 Å². The Morgan fingerprint density at radius 3 is 2.65 bits per heavy atom. The highest BCUT2D eigenvalue weighted by atomic mass is 16.3. The molecule has 0 aromatic heterocycles. The molecule has 1 fully saturated rings. The van der Waals surface area contributed by atoms with Gasteiger partial charge in [0, 0.05) is 6.04 Å². The van der Waals surface area contributed by atoms with Gasteiger partial charge in [0.25, 0.3) is 0 Å². The van der Waals surface area contributed by atoms with Gasteiger partial charge in [0.15, 0.2) is 0 Å². The van der Waals surface area contributed by atoms with E-state index in [0.717, 1.165) is 19.6 Å². The molecule has 1 saturated heterocycles. The fourth-order valence-corrected chi connectivity index (χ4v) is 2.68. The summed E-state index contributed by atoms with van der Waals surface area (Å²) >= 11 is 0. The van der Waals surface area contributed by atoms with Crippen molar-refractivity contribution in [1.29, 1.82) is 0 Å². The molecule has 0 aromatic rings. The minimum absolute atomic E-state index is 0.286. The third kappa shape index (κ3) is 4.57. The van der Waals surface area contributed by atoms with Gasteiger partial charge in [-0.2, -0.15) is 0 Å². The van der Waals surface area contributed by atoms with Crippen LogP contribution in [0.1, 0.15) is 46.5 Å². The molecule has 3 nitrogen and oxygen atoms in total. The Morgan fingerprint density at radius 1 is 1.35 bits per heavy atom. The van der Waals surface area contributed by atoms with Crippen LogP contribution in [0.5, 0.6) is 0 Å². The van der Waals surface area contributed by atoms with Crippen LogP contribution in [0.3, 0.4) is 0 Å². The molecule has 3 N–H and O–H groups in total. The molecule has 0 saturated carbocycles. The third-order valence-corrected chi connectivity index (χ3v) is 4.29. The summed E-state index contributed by atoms with van der Waals surface area (Å²) in [5.74, 6) is 0.653. The van der Waals surface area contributed by atoms with Crippen molar-refractivity contribution in [3.05, 3.63) is 0 Å². The predicted octanol–water partition coefficient (Wildman–Crippen LogP) is 1.84. The van der Waals surface area contributed by atoms with Crippen molar-refractivity contribution in [1.82, 2.24) is 4.90 Å². The van der Waals surface area contributed by atoms with Crippen molar-refractivity contribution >= 4 is 0 Å². The zero-order valence-electron chi connectivity index (χ0n) is 11.8. The van der Waals surface area contributed by atoms with Crippen molar-refractivity contribution in [2.45, 2.75) is 52.5 Å². The number of aliphatic hydroxyl groups is 1. The number of unbranched alkanes of at least 4 members (excludes halogenated alkanes) is 1. The minimum Gasteiger partial charge on any atom is -0.395 e. The molecule has 3 heteroatoms. The summed E-state index contributed by atoms with van der Waals surface area (Å²) in [5.41, 5.74) is 6.02. The molecule has 0 bridgehead atoms. The normalized spacial score (nSPS) is 26.6. The first-order valence-electron chi connectivity index (χ1n) is 7.05. The molecular weight excluding hydrogens is 212 g/mol. The largest absolute Gasteiger partial charge is 0.395 e. The first kappa shape index (κ1) is 14.9. The lowest BCUT2D eigenvalue weighted by Gasteiger charge is -2.26. The van der Waals surface area contributed by atoms with E-state index < -0.39 is 0 Å². The second-order valence-corrected chi connectivity index (χ2v) is 6.38. The molecule has 0 amide bonds. The highest BCUT2D eigenvalue weighted by Gasteiger charge is 2.29. The van der Waals surface area contributed by atoms with E-state index in [-0.39, 0.29) is 5.41 Å². The summed E-state index contributed by atoms with van der Waals surface area (Å²) in [6, 6.07) is 0.400. The van der Waals surface area contributed by atoms with E-state index in [4.69, 9.17) is 5.73 Å². The lowest BCUT2D eigenvalue weighted by molar-refractivity contribution is 0.136. The zero-order chi connectivity index (χ0) is 12.9. The van der Waals surface area contributed by atoms with Crippen LogP contribution in [0.4, 0.5) is 0 Å². The van der Waals surface area contributed by atoms with Crippen LogP contribution >= 0.6 is 0 Å². The Bertz CT molecular complexity index is 218. The molecule has 0 radical (unpaired) electrons. The van der Waals surface area contributed by atoms with E-state index in [1.54, 1.807) is 0 Å². The van der Waals surface area contributed by atoms with E-state index in [0.29, 0.717) is 18.6 Å². The van der Waals surface area contributed by atoms with Gasteiger partial charge < -0.3 is 10.8 Å². The average molecular weight is 242 g/mol. The monoisotopic (exact) mass is 242 g/mol. The second-order valence-electron chi connectivity index (χ2n) is 6.38. The Hall–Kier alpha value is -0.120. The zero-order valence-corrected chi connectivity index (χ0v) is 11.8. The van der Waals surface area contributed by atoms with E-state index in [9.17, 15) is 5.11 Å². The van der Waals surface area contributed by atoms with Crippen LogP contribution in [-0.2, 0) is 0 Å². The first-order chi connectivity index (χ1) is 8.00. The summed E-state index contributed by atoms with van der Waals surface area (Å²) in [7, 11) is 0. The number of nitrogens with two attached hydrogens (primary N) is 1. The lowest BCUT2D eigenvalue weighted by atomic mass is 9.87. The van der Waals surface area contributed by atoms with Crippen molar-refractivity contribution in [3.8, 4) is 0 Å². The van der Waals surface area contributed by atoms with Crippen LogP contribution in [0.15, 0.2) is 0 Å². The van der Waals surface area contributed by atoms with E-state index in [2.05, 4.69) is 25.7 Å². The Labute approximate surface area is 106 Å². The summed E-state index contributed by atoms with van der Waals surface area (Å²) in [6.07, 6.45) is 4.91. The third-order valence-electron chi connectivity index (χ3n) is 4.29. The molecule has 1 rings (SSSR count). The van der Waals surface area contributed by atoms with Gasteiger partial charge >= 0.3 is 0 Å². The van der Waals surface area contributed by atoms with E-state index in [1.807, 2.05) is 0 Å². The number of hydrogen-bond donors (Lipinski definition) is 2. The van der Waals surface area contributed by atoms with Crippen molar-refractivity contribution in [2.24, 2.45) is 17.1 Å². The molecular formula is C14H30N2O. The summed E-state index contributed by atoms with van der Waals surface area (Å²) in [5, 5.41) is 9.37. The standard InChI is InChI=1S/C14H30N2O/c1-12-6-9-16(13(12)10-17)8-5-4-7-14(2,3)11-15/h12-13,17H,4-11,15H2,1-3H3. The number of hydrogen-bond acceptors (Lipinski definition) is 3. The maximum Gasteiger partial charge on any atom is 0.0589 e. The lowest BCUT2D eigenvalue weighted by Crippen LogP contribution is -2.36. The number of likely N-dealkylation sites (tertiary alicyclic amines) is 1. The van der Waals surface area contributed by atoms with E-state index in [1.165, 1.54) is 25.7 Å². The Balaban J connectivity index is 2.19. The number of nitrogens with zero attached hydrogens (tertiary/aromatic N) is 1. The van der Waals surface area contributed by atoms with Gasteiger partial charge in [0.1, 0.15) is 0 Å². The topological polar surface area (TPSA) is 49.5 Å². The molecule has 102 valence electrons. The molecule has 2 unspecified atom stereocenters. The van der Waals surface area contributed by atoms with Crippen LogP contribution in [-0.4, -0.2) is 42.3 Å². The molecule has 1 heterocycles. The molecule has 1 aliphatic rings. The van der Waals surface area contributed by atoms with Crippen molar-refractivity contribution < 1.29 is 5.11 Å². The maximum absolute atomic E-state index is 9.37. The Morgan fingerprint density at radius 2 is 2.06 bits per heavy atom. The molecule has 2 atom stereocenters. The highest BCUT2D eigenvalue weighted by molar-refractivity contribution is 4.84. The second kappa shape index (κ2) is 6.72. The van der Waals surface area contributed by atoms with Gasteiger partial charge in [-0.25, -0.2) is 0 Å². The fourth-order valence-electron chi connectivity index (χ4n) is 2.68. The average Bonchev–Trinajstić information content (AvgIpc) is 2.65. The first-order valence-corrected chi connectivity index (χ1v) is 7.05. The quantitative estimate of drug-likeness (QED) is 0.670. The molecule has 0 aliphatic carbocycles. The maximum atomic E-state index is 9.37. The molecule has 17 heavy (non-hydrogen) atoms. The smallest absolute Gasteiger partial charge is 0.0589 e. The minimum atomic E-state index is 0.286. The predicted molar refractivity (Wildman–Crippen MR) is 72.9 cm³/mol. The fraction of sp³-hybridized carbons (Fsp3) is 1.00. The number of aliphatic hydroxyl groups excluding tert-OH is 1. The SMILES string of the molecule is CC1CCN(CCCCC(C)(C)CN)C1CO. The van der Waals surface area contributed by atoms with E-state index >= 15 is 0 Å². The van der Waals surface area contributed by atoms with Gasteiger partial charge in [-0.15, -0.1) is 0 Å². The highest BCUT2D eigenvalue weighted by Crippen LogP contribution is 2.25. The van der Waals surface area contributed by atoms with Crippen LogP contribution < -0.4 is 5.73 Å². The molecule has 0 spiro atoms. The molecule has 1 aliphatic heterocycles. The van der Waals surface area contributed by atoms with Gasteiger partial charge in [-0.05, 0) is 50.2 Å². The summed E-state index contributed by atoms with van der Waals surface area (Å²) < 4.78 is 0. The van der Waals surface area contributed by atoms with Crippen LogP contribution in [0.2, 0.25) is 0 Å². The van der Waals surface area contributed by atoms with Crippen molar-refractivity contribution in [3.63, 3.8) is 0 Å². The Kier molecular flexibility index (Phi) is 5.90. The number of rotatable bonds is 7. The van der Waals surface area contributed by atoms with Crippen LogP contribution in [0.25, 0.3) is 0 Å². The summed E-state index contributed by atoms with van der Waals surface area (Å²) in [6.45, 7) is 10.1. The van der Waals surface area contributed by atoms with Crippen molar-refractivity contribution in [2.75, 3.05) is 26.2 Å². The summed E-state index contributed by atoms with van der Waals surface area (Å²) in [4.78, 5) is 2.46.